The Morgan fingerprint density at radius 1 is 1.38 bits per heavy atom. The first kappa shape index (κ1) is 17.5. The fraction of sp³-hybridized carbons (Fsp3) is 0.353. The highest BCUT2D eigenvalue weighted by atomic mass is 16.5. The molecule has 1 aliphatic heterocycles. The molecule has 1 aliphatic rings. The molecule has 24 heavy (non-hydrogen) atoms. The molecule has 1 aromatic carbocycles. The molecule has 0 bridgehead atoms. The lowest BCUT2D eigenvalue weighted by molar-refractivity contribution is -0.138. The van der Waals surface area contributed by atoms with Crippen molar-refractivity contribution < 1.29 is 24.2 Å². The fourth-order valence-electron chi connectivity index (χ4n) is 2.40. The van der Waals surface area contributed by atoms with Crippen LogP contribution >= 0.6 is 0 Å². The third kappa shape index (κ3) is 3.73. The van der Waals surface area contributed by atoms with Gasteiger partial charge in [-0.1, -0.05) is 6.08 Å². The molecule has 2 amide bonds. The molecule has 0 fully saturated rings. The SMILES string of the molecule is C=CCN1C(=O)C(C)(C)Oc2ccc(NC(=O)CCC(=O)O)cc21. The minimum absolute atomic E-state index is 0.120. The van der Waals surface area contributed by atoms with Gasteiger partial charge in [0.15, 0.2) is 5.60 Å². The average Bonchev–Trinajstić information content (AvgIpc) is 2.50. The van der Waals surface area contributed by atoms with Crippen LogP contribution in [0.5, 0.6) is 5.75 Å². The lowest BCUT2D eigenvalue weighted by atomic mass is 10.0. The zero-order valence-corrected chi connectivity index (χ0v) is 13.7. The van der Waals surface area contributed by atoms with Crippen molar-refractivity contribution in [1.29, 1.82) is 0 Å². The summed E-state index contributed by atoms with van der Waals surface area (Å²) in [5, 5.41) is 11.2. The largest absolute Gasteiger partial charge is 0.481 e. The Kier molecular flexibility index (Phi) is 4.92. The Labute approximate surface area is 139 Å². The molecule has 7 nitrogen and oxygen atoms in total. The van der Waals surface area contributed by atoms with Crippen molar-refractivity contribution in [1.82, 2.24) is 0 Å². The topological polar surface area (TPSA) is 95.9 Å². The van der Waals surface area contributed by atoms with E-state index in [0.29, 0.717) is 23.7 Å². The van der Waals surface area contributed by atoms with Gasteiger partial charge in [0.1, 0.15) is 5.75 Å². The molecule has 0 aromatic heterocycles. The lowest BCUT2D eigenvalue weighted by Gasteiger charge is -2.38. The van der Waals surface area contributed by atoms with E-state index in [1.165, 1.54) is 0 Å². The second-order valence-corrected chi connectivity index (χ2v) is 5.94. The molecule has 2 N–H and O–H groups in total. The van der Waals surface area contributed by atoms with Crippen molar-refractivity contribution in [2.45, 2.75) is 32.3 Å². The summed E-state index contributed by atoms with van der Waals surface area (Å²) in [7, 11) is 0. The summed E-state index contributed by atoms with van der Waals surface area (Å²) in [5.41, 5.74) is 0.0204. The molecule has 0 saturated heterocycles. The average molecular weight is 332 g/mol. The third-order valence-electron chi connectivity index (χ3n) is 3.54. The monoisotopic (exact) mass is 332 g/mol. The van der Waals surface area contributed by atoms with Gasteiger partial charge < -0.3 is 20.1 Å². The maximum Gasteiger partial charge on any atom is 0.303 e. The number of carboxylic acid groups (broad SMARTS) is 1. The highest BCUT2D eigenvalue weighted by molar-refractivity contribution is 6.03. The highest BCUT2D eigenvalue weighted by Gasteiger charge is 2.40. The minimum Gasteiger partial charge on any atom is -0.481 e. The van der Waals surface area contributed by atoms with Crippen LogP contribution in [0.1, 0.15) is 26.7 Å². The first-order valence-electron chi connectivity index (χ1n) is 7.52. The molecule has 1 aromatic rings. The Bertz CT molecular complexity index is 696. The van der Waals surface area contributed by atoms with Crippen LogP contribution in [0.3, 0.4) is 0 Å². The van der Waals surface area contributed by atoms with E-state index in [0.717, 1.165) is 0 Å². The molecule has 1 heterocycles. The molecule has 0 spiro atoms. The van der Waals surface area contributed by atoms with E-state index in [-0.39, 0.29) is 18.7 Å². The zero-order valence-electron chi connectivity index (χ0n) is 13.7. The van der Waals surface area contributed by atoms with Gasteiger partial charge >= 0.3 is 5.97 Å². The first-order valence-corrected chi connectivity index (χ1v) is 7.52. The van der Waals surface area contributed by atoms with Crippen molar-refractivity contribution in [2.75, 3.05) is 16.8 Å². The molecule has 0 saturated carbocycles. The number of aliphatic carboxylic acids is 1. The molecule has 0 aliphatic carbocycles. The zero-order chi connectivity index (χ0) is 17.9. The van der Waals surface area contributed by atoms with Crippen molar-refractivity contribution in [3.63, 3.8) is 0 Å². The van der Waals surface area contributed by atoms with Crippen LogP contribution in [0.4, 0.5) is 11.4 Å². The van der Waals surface area contributed by atoms with E-state index in [1.54, 1.807) is 43.0 Å². The quantitative estimate of drug-likeness (QED) is 0.778. The van der Waals surface area contributed by atoms with Gasteiger partial charge in [0, 0.05) is 18.7 Å². The molecular formula is C17H20N2O5. The number of nitrogens with zero attached hydrogens (tertiary/aromatic N) is 1. The van der Waals surface area contributed by atoms with Crippen LogP contribution in [0, 0.1) is 0 Å². The summed E-state index contributed by atoms with van der Waals surface area (Å²) in [6.07, 6.45) is 1.25. The number of rotatable bonds is 6. The number of benzene rings is 1. The minimum atomic E-state index is -1.03. The van der Waals surface area contributed by atoms with Crippen molar-refractivity contribution in [3.05, 3.63) is 30.9 Å². The fourth-order valence-corrected chi connectivity index (χ4v) is 2.40. The first-order chi connectivity index (χ1) is 11.2. The Hall–Kier alpha value is -2.83. The standard InChI is InChI=1S/C17H20N2O5/c1-4-9-19-12-10-11(18-14(20)7-8-15(21)22)5-6-13(12)24-17(2,3)16(19)23/h4-6,10H,1,7-9H2,2-3H3,(H,18,20)(H,21,22). The Morgan fingerprint density at radius 2 is 2.08 bits per heavy atom. The van der Waals surface area contributed by atoms with Gasteiger partial charge in [0.2, 0.25) is 5.91 Å². The number of fused-ring (bicyclic) bond motifs is 1. The maximum atomic E-state index is 12.5. The second kappa shape index (κ2) is 6.74. The van der Waals surface area contributed by atoms with Crippen LogP contribution in [-0.2, 0) is 14.4 Å². The number of carbonyl (C=O) groups is 3. The predicted octanol–water partition coefficient (Wildman–Crippen LogP) is 2.18. The molecule has 0 radical (unpaired) electrons. The van der Waals surface area contributed by atoms with Crippen LogP contribution in [0.25, 0.3) is 0 Å². The van der Waals surface area contributed by atoms with Crippen LogP contribution in [0.2, 0.25) is 0 Å². The number of hydrogen-bond acceptors (Lipinski definition) is 4. The number of anilines is 2. The lowest BCUT2D eigenvalue weighted by Crippen LogP contribution is -2.52. The van der Waals surface area contributed by atoms with Crippen molar-refractivity contribution >= 4 is 29.2 Å². The van der Waals surface area contributed by atoms with Gasteiger partial charge in [-0.3, -0.25) is 14.4 Å². The predicted molar refractivity (Wildman–Crippen MR) is 89.2 cm³/mol. The van der Waals surface area contributed by atoms with Gasteiger partial charge in [-0.05, 0) is 32.0 Å². The van der Waals surface area contributed by atoms with E-state index in [2.05, 4.69) is 11.9 Å². The van der Waals surface area contributed by atoms with E-state index < -0.39 is 17.5 Å². The normalized spacial score (nSPS) is 15.2. The van der Waals surface area contributed by atoms with Gasteiger partial charge in [-0.25, -0.2) is 0 Å². The number of hydrogen-bond donors (Lipinski definition) is 2. The van der Waals surface area contributed by atoms with E-state index >= 15 is 0 Å². The number of ether oxygens (including phenoxy) is 1. The van der Waals surface area contributed by atoms with Gasteiger partial charge in [-0.2, -0.15) is 0 Å². The second-order valence-electron chi connectivity index (χ2n) is 5.94. The maximum absolute atomic E-state index is 12.5. The van der Waals surface area contributed by atoms with Gasteiger partial charge in [0.05, 0.1) is 12.1 Å². The highest BCUT2D eigenvalue weighted by Crippen LogP contribution is 2.39. The van der Waals surface area contributed by atoms with Crippen molar-refractivity contribution in [3.8, 4) is 5.75 Å². The summed E-state index contributed by atoms with van der Waals surface area (Å²) in [5.74, 6) is -1.11. The molecule has 2 rings (SSSR count). The smallest absolute Gasteiger partial charge is 0.303 e. The summed E-state index contributed by atoms with van der Waals surface area (Å²) in [6.45, 7) is 7.36. The Balaban J connectivity index is 2.25. The molecular weight excluding hydrogens is 312 g/mol. The van der Waals surface area contributed by atoms with Gasteiger partial charge in [0.25, 0.3) is 5.91 Å². The number of nitrogens with one attached hydrogen (secondary N) is 1. The molecule has 128 valence electrons. The summed E-state index contributed by atoms with van der Waals surface area (Å²) in [4.78, 5) is 36.3. The van der Waals surface area contributed by atoms with Crippen LogP contribution in [0.15, 0.2) is 30.9 Å². The van der Waals surface area contributed by atoms with Crippen LogP contribution < -0.4 is 15.0 Å². The van der Waals surface area contributed by atoms with E-state index in [4.69, 9.17) is 9.84 Å². The third-order valence-corrected chi connectivity index (χ3v) is 3.54. The number of carboxylic acids is 1. The van der Waals surface area contributed by atoms with E-state index in [9.17, 15) is 14.4 Å². The van der Waals surface area contributed by atoms with E-state index in [1.807, 2.05) is 0 Å². The summed E-state index contributed by atoms with van der Waals surface area (Å²) >= 11 is 0. The summed E-state index contributed by atoms with van der Waals surface area (Å²) in [6, 6.07) is 4.95. The van der Waals surface area contributed by atoms with Crippen molar-refractivity contribution in [2.24, 2.45) is 0 Å². The molecule has 0 atom stereocenters. The van der Waals surface area contributed by atoms with Crippen LogP contribution in [-0.4, -0.2) is 35.0 Å². The Morgan fingerprint density at radius 3 is 2.71 bits per heavy atom. The number of amides is 2. The summed E-state index contributed by atoms with van der Waals surface area (Å²) < 4.78 is 5.73. The van der Waals surface area contributed by atoms with Gasteiger partial charge in [-0.15, -0.1) is 6.58 Å². The molecule has 0 unspecified atom stereocenters. The molecule has 7 heteroatoms. The number of carbonyl (C=O) groups excluding carboxylic acids is 2.